The first-order valence-corrected chi connectivity index (χ1v) is 13.3. The van der Waals surface area contributed by atoms with Crippen molar-refractivity contribution in [2.75, 3.05) is 24.9 Å². The minimum Gasteiger partial charge on any atom is -0.465 e. The van der Waals surface area contributed by atoms with Gasteiger partial charge in [0.15, 0.2) is 0 Å². The summed E-state index contributed by atoms with van der Waals surface area (Å²) in [4.78, 5) is 50.3. The van der Waals surface area contributed by atoms with Crippen LogP contribution in [0.3, 0.4) is 0 Å². The number of hydrogen-bond donors (Lipinski definition) is 2. The second kappa shape index (κ2) is 12.3. The number of amides is 2. The highest BCUT2D eigenvalue weighted by molar-refractivity contribution is 7.15. The minimum atomic E-state index is -0.569. The molecule has 0 saturated carbocycles. The van der Waals surface area contributed by atoms with Crippen LogP contribution in [-0.4, -0.2) is 38.0 Å². The van der Waals surface area contributed by atoms with E-state index >= 15 is 0 Å². The Morgan fingerprint density at radius 3 is 1.34 bits per heavy atom. The number of methoxy groups -OCH3 is 2. The zero-order chi connectivity index (χ0) is 27.1. The van der Waals surface area contributed by atoms with Crippen LogP contribution < -0.4 is 10.6 Å². The molecule has 0 aliphatic rings. The van der Waals surface area contributed by atoms with Crippen molar-refractivity contribution in [3.8, 4) is 22.3 Å². The lowest BCUT2D eigenvalue weighted by atomic mass is 10.0. The zero-order valence-corrected chi connectivity index (χ0v) is 22.2. The number of benzene rings is 2. The number of anilines is 2. The normalized spacial score (nSPS) is 10.5. The number of hydrogen-bond acceptors (Lipinski definition) is 8. The third-order valence-corrected chi connectivity index (χ3v) is 7.41. The highest BCUT2D eigenvalue weighted by atomic mass is 32.1. The first-order chi connectivity index (χ1) is 18.4. The Morgan fingerprint density at radius 2 is 1.00 bits per heavy atom. The van der Waals surface area contributed by atoms with E-state index in [0.29, 0.717) is 21.1 Å². The Hall–Kier alpha value is -4.28. The highest BCUT2D eigenvalue weighted by Crippen LogP contribution is 2.37. The fourth-order valence-corrected chi connectivity index (χ4v) is 5.72. The zero-order valence-electron chi connectivity index (χ0n) is 20.6. The average molecular weight is 549 g/mol. The molecule has 2 amide bonds. The van der Waals surface area contributed by atoms with E-state index in [2.05, 4.69) is 10.6 Å². The van der Waals surface area contributed by atoms with Crippen molar-refractivity contribution < 1.29 is 28.7 Å². The van der Waals surface area contributed by atoms with Gasteiger partial charge in [0.1, 0.15) is 21.1 Å². The first-order valence-electron chi connectivity index (χ1n) is 11.5. The van der Waals surface area contributed by atoms with Gasteiger partial charge < -0.3 is 20.1 Å². The topological polar surface area (TPSA) is 111 Å². The van der Waals surface area contributed by atoms with Crippen LogP contribution in [-0.2, 0) is 19.1 Å². The number of nitrogens with one attached hydrogen (secondary N) is 2. The van der Waals surface area contributed by atoms with Crippen molar-refractivity contribution in [3.05, 3.63) is 82.6 Å². The van der Waals surface area contributed by atoms with E-state index in [0.717, 1.165) is 11.1 Å². The maximum Gasteiger partial charge on any atom is 0.341 e. The van der Waals surface area contributed by atoms with Gasteiger partial charge in [0.2, 0.25) is 11.8 Å². The van der Waals surface area contributed by atoms with Gasteiger partial charge in [-0.05, 0) is 11.1 Å². The second-order valence-electron chi connectivity index (χ2n) is 8.02. The molecule has 10 heteroatoms. The van der Waals surface area contributed by atoms with Crippen molar-refractivity contribution >= 4 is 56.4 Å². The van der Waals surface area contributed by atoms with E-state index in [9.17, 15) is 19.2 Å². The number of carbonyl (C=O) groups is 4. The molecule has 0 saturated heterocycles. The van der Waals surface area contributed by atoms with Crippen molar-refractivity contribution in [3.63, 3.8) is 0 Å². The summed E-state index contributed by atoms with van der Waals surface area (Å²) in [6.07, 6.45) is -0.259. The van der Waals surface area contributed by atoms with Gasteiger partial charge in [0, 0.05) is 34.7 Å². The number of ether oxygens (including phenoxy) is 2. The standard InChI is InChI=1S/C28H24N2O6S2/c1-35-27(33)23-19(17-9-5-3-6-10-17)15-37-25(23)29-21(31)13-14-22(32)30-26-24(28(34)36-2)20(16-38-26)18-11-7-4-8-12-18/h3-12,15-16H,13-14H2,1-2H3,(H,29,31)(H,30,32). The molecule has 0 fully saturated rings. The molecule has 4 rings (SSSR count). The van der Waals surface area contributed by atoms with Crippen molar-refractivity contribution in [2.45, 2.75) is 12.8 Å². The Labute approximate surface area is 227 Å². The summed E-state index contributed by atoms with van der Waals surface area (Å²) >= 11 is 2.41. The molecule has 0 atom stereocenters. The fraction of sp³-hybridized carbons (Fsp3) is 0.143. The molecule has 38 heavy (non-hydrogen) atoms. The minimum absolute atomic E-state index is 0.129. The lowest BCUT2D eigenvalue weighted by Crippen LogP contribution is -2.18. The van der Waals surface area contributed by atoms with E-state index in [1.807, 2.05) is 60.7 Å². The fourth-order valence-electron chi connectivity index (χ4n) is 3.77. The Bertz CT molecular complexity index is 1350. The van der Waals surface area contributed by atoms with Crippen LogP contribution in [0.1, 0.15) is 33.6 Å². The Kier molecular flexibility index (Phi) is 8.67. The van der Waals surface area contributed by atoms with Crippen LogP contribution in [0.5, 0.6) is 0 Å². The summed E-state index contributed by atoms with van der Waals surface area (Å²) in [5.74, 6) is -2.01. The average Bonchev–Trinajstić information content (AvgIpc) is 3.56. The van der Waals surface area contributed by atoms with E-state index in [4.69, 9.17) is 9.47 Å². The lowest BCUT2D eigenvalue weighted by molar-refractivity contribution is -0.121. The second-order valence-corrected chi connectivity index (χ2v) is 9.78. The largest absolute Gasteiger partial charge is 0.465 e. The predicted molar refractivity (Wildman–Crippen MR) is 149 cm³/mol. The molecule has 194 valence electrons. The Morgan fingerprint density at radius 1 is 0.632 bits per heavy atom. The number of thiophene rings is 2. The van der Waals surface area contributed by atoms with Crippen molar-refractivity contribution in [1.29, 1.82) is 0 Å². The molecule has 0 spiro atoms. The van der Waals surface area contributed by atoms with Gasteiger partial charge in [-0.2, -0.15) is 0 Å². The van der Waals surface area contributed by atoms with Gasteiger partial charge in [-0.25, -0.2) is 9.59 Å². The quantitative estimate of drug-likeness (QED) is 0.246. The van der Waals surface area contributed by atoms with Gasteiger partial charge >= 0.3 is 11.9 Å². The molecule has 2 aromatic carbocycles. The van der Waals surface area contributed by atoms with Gasteiger partial charge in [0.25, 0.3) is 0 Å². The monoisotopic (exact) mass is 548 g/mol. The summed E-state index contributed by atoms with van der Waals surface area (Å²) < 4.78 is 9.87. The Balaban J connectivity index is 1.44. The molecular weight excluding hydrogens is 524 g/mol. The molecule has 4 aromatic rings. The molecule has 2 heterocycles. The summed E-state index contributed by atoms with van der Waals surface area (Å²) in [7, 11) is 2.56. The number of rotatable bonds is 9. The van der Waals surface area contributed by atoms with Crippen LogP contribution in [0.4, 0.5) is 10.0 Å². The molecule has 0 aliphatic carbocycles. The van der Waals surface area contributed by atoms with E-state index in [-0.39, 0.29) is 24.0 Å². The van der Waals surface area contributed by atoms with Crippen LogP contribution in [0.2, 0.25) is 0 Å². The molecular formula is C28H24N2O6S2. The van der Waals surface area contributed by atoms with Gasteiger partial charge in [-0.3, -0.25) is 9.59 Å². The number of carbonyl (C=O) groups excluding carboxylic acids is 4. The van der Waals surface area contributed by atoms with E-state index < -0.39 is 23.8 Å². The maximum atomic E-state index is 12.7. The van der Waals surface area contributed by atoms with Crippen LogP contribution in [0.25, 0.3) is 22.3 Å². The third-order valence-electron chi connectivity index (χ3n) is 5.62. The predicted octanol–water partition coefficient (Wildman–Crippen LogP) is 6.07. The van der Waals surface area contributed by atoms with Gasteiger partial charge in [0.05, 0.1) is 14.2 Å². The summed E-state index contributed by atoms with van der Waals surface area (Å²) in [5, 5.41) is 9.70. The third kappa shape index (κ3) is 5.99. The van der Waals surface area contributed by atoms with E-state index in [1.54, 1.807) is 10.8 Å². The smallest absolute Gasteiger partial charge is 0.341 e. The van der Waals surface area contributed by atoms with Crippen LogP contribution in [0.15, 0.2) is 71.4 Å². The molecule has 2 N–H and O–H groups in total. The first kappa shape index (κ1) is 26.8. The molecule has 0 aliphatic heterocycles. The SMILES string of the molecule is COC(=O)c1c(-c2ccccc2)csc1NC(=O)CCC(=O)Nc1scc(-c2ccccc2)c1C(=O)OC. The number of esters is 2. The summed E-state index contributed by atoms with van der Waals surface area (Å²) in [6.45, 7) is 0. The molecule has 0 radical (unpaired) electrons. The van der Waals surface area contributed by atoms with Crippen molar-refractivity contribution in [1.82, 2.24) is 0 Å². The summed E-state index contributed by atoms with van der Waals surface area (Å²) in [6, 6.07) is 18.6. The van der Waals surface area contributed by atoms with Crippen molar-refractivity contribution in [2.24, 2.45) is 0 Å². The van der Waals surface area contributed by atoms with Gasteiger partial charge in [-0.15, -0.1) is 22.7 Å². The molecule has 2 aromatic heterocycles. The van der Waals surface area contributed by atoms with Crippen LogP contribution >= 0.6 is 22.7 Å². The molecule has 8 nitrogen and oxygen atoms in total. The molecule has 0 bridgehead atoms. The lowest BCUT2D eigenvalue weighted by Gasteiger charge is -2.09. The molecule has 0 unspecified atom stereocenters. The van der Waals surface area contributed by atoms with Gasteiger partial charge in [-0.1, -0.05) is 60.7 Å². The maximum absolute atomic E-state index is 12.7. The highest BCUT2D eigenvalue weighted by Gasteiger charge is 2.24. The summed E-state index contributed by atoms with van der Waals surface area (Å²) in [5.41, 5.74) is 3.45. The van der Waals surface area contributed by atoms with Crippen LogP contribution in [0, 0.1) is 0 Å². The van der Waals surface area contributed by atoms with E-state index in [1.165, 1.54) is 36.9 Å².